The molecule has 5 nitrogen and oxygen atoms in total. The third-order valence-electron chi connectivity index (χ3n) is 5.23. The van der Waals surface area contributed by atoms with Gasteiger partial charge in [0.25, 0.3) is 0 Å². The van der Waals surface area contributed by atoms with E-state index in [1.54, 1.807) is 12.4 Å². The Balaban J connectivity index is 1.60. The third kappa shape index (κ3) is 2.04. The number of benzene rings is 1. The molecule has 1 aliphatic carbocycles. The van der Waals surface area contributed by atoms with Gasteiger partial charge in [-0.05, 0) is 42.5 Å². The van der Waals surface area contributed by atoms with Crippen LogP contribution >= 0.6 is 0 Å². The largest absolute Gasteiger partial charge is 0.436 e. The van der Waals surface area contributed by atoms with Crippen LogP contribution in [-0.4, -0.2) is 15.9 Å². The lowest BCUT2D eigenvalue weighted by atomic mass is 9.86. The molecule has 1 atom stereocenters. The van der Waals surface area contributed by atoms with Gasteiger partial charge in [0.05, 0.1) is 5.92 Å². The number of amides is 1. The molecule has 1 aromatic carbocycles. The number of aromatic nitrogens is 2. The van der Waals surface area contributed by atoms with Crippen molar-refractivity contribution in [2.75, 3.05) is 5.32 Å². The van der Waals surface area contributed by atoms with Crippen LogP contribution in [0.5, 0.6) is 0 Å². The van der Waals surface area contributed by atoms with Crippen molar-refractivity contribution in [1.29, 1.82) is 0 Å². The summed E-state index contributed by atoms with van der Waals surface area (Å²) in [5.41, 5.74) is 4.36. The van der Waals surface area contributed by atoms with Gasteiger partial charge >= 0.3 is 0 Å². The highest BCUT2D eigenvalue weighted by atomic mass is 16.3. The topological polar surface area (TPSA) is 68.0 Å². The Morgan fingerprint density at radius 3 is 2.71 bits per heavy atom. The number of nitrogens with one attached hydrogen (secondary N) is 1. The summed E-state index contributed by atoms with van der Waals surface area (Å²) in [6, 6.07) is 7.69. The summed E-state index contributed by atoms with van der Waals surface area (Å²) in [7, 11) is 0. The lowest BCUT2D eigenvalue weighted by Crippen LogP contribution is -2.18. The smallest absolute Gasteiger partial charge is 0.232 e. The van der Waals surface area contributed by atoms with Crippen molar-refractivity contribution < 1.29 is 9.21 Å². The van der Waals surface area contributed by atoms with Crippen molar-refractivity contribution >= 4 is 22.7 Å². The second kappa shape index (κ2) is 5.16. The average molecular weight is 319 g/mol. The first-order valence-electron chi connectivity index (χ1n) is 8.45. The number of carbonyl (C=O) groups is 1. The maximum absolute atomic E-state index is 12.4. The summed E-state index contributed by atoms with van der Waals surface area (Å²) in [5, 5.41) is 3.03. The maximum atomic E-state index is 12.4. The van der Waals surface area contributed by atoms with E-state index in [2.05, 4.69) is 15.3 Å². The molecule has 0 bridgehead atoms. The van der Waals surface area contributed by atoms with Crippen LogP contribution in [0, 0.1) is 5.92 Å². The summed E-state index contributed by atoms with van der Waals surface area (Å²) in [6.07, 6.45) is 8.17. The molecule has 1 fully saturated rings. The highest BCUT2D eigenvalue weighted by Gasteiger charge is 2.38. The molecule has 5 rings (SSSR count). The van der Waals surface area contributed by atoms with E-state index in [4.69, 9.17) is 4.42 Å². The van der Waals surface area contributed by atoms with E-state index in [1.165, 1.54) is 12.8 Å². The second-order valence-corrected chi connectivity index (χ2v) is 6.67. The molecule has 2 aliphatic rings. The molecule has 1 aliphatic heterocycles. The Morgan fingerprint density at radius 2 is 1.92 bits per heavy atom. The molecular weight excluding hydrogens is 302 g/mol. The van der Waals surface area contributed by atoms with Crippen molar-refractivity contribution in [2.45, 2.75) is 31.6 Å². The molecule has 24 heavy (non-hydrogen) atoms. The van der Waals surface area contributed by atoms with Gasteiger partial charge in [0, 0.05) is 29.7 Å². The summed E-state index contributed by atoms with van der Waals surface area (Å²) in [5.74, 6) is 1.13. The molecule has 2 aromatic heterocycles. The van der Waals surface area contributed by atoms with Crippen molar-refractivity contribution in [3.63, 3.8) is 0 Å². The molecule has 3 aromatic rings. The second-order valence-electron chi connectivity index (χ2n) is 6.67. The molecule has 3 heterocycles. The molecule has 1 amide bonds. The predicted molar refractivity (Wildman–Crippen MR) is 90.6 cm³/mol. The Kier molecular flexibility index (Phi) is 2.95. The van der Waals surface area contributed by atoms with Crippen LogP contribution in [-0.2, 0) is 4.79 Å². The number of nitrogens with zero attached hydrogens (tertiary/aromatic N) is 2. The van der Waals surface area contributed by atoms with E-state index < -0.39 is 0 Å². The van der Waals surface area contributed by atoms with Crippen molar-refractivity contribution in [3.8, 4) is 11.5 Å². The number of carbonyl (C=O) groups excluding carboxylic acids is 1. The number of anilines is 1. The Bertz CT molecular complexity index is 926. The molecule has 0 radical (unpaired) electrons. The average Bonchev–Trinajstić information content (AvgIpc) is 3.30. The number of fused-ring (bicyclic) bond motifs is 2. The maximum Gasteiger partial charge on any atom is 0.232 e. The quantitative estimate of drug-likeness (QED) is 0.771. The van der Waals surface area contributed by atoms with Gasteiger partial charge in [0.2, 0.25) is 11.8 Å². The van der Waals surface area contributed by atoms with Crippen LogP contribution in [0.4, 0.5) is 5.69 Å². The Labute approximate surface area is 139 Å². The minimum atomic E-state index is -0.0343. The fraction of sp³-hybridized carbons (Fsp3) is 0.316. The number of oxazole rings is 1. The van der Waals surface area contributed by atoms with Gasteiger partial charge in [-0.2, -0.15) is 0 Å². The van der Waals surface area contributed by atoms with Crippen LogP contribution < -0.4 is 5.32 Å². The van der Waals surface area contributed by atoms with Gasteiger partial charge in [0.1, 0.15) is 5.52 Å². The number of hydrogen-bond acceptors (Lipinski definition) is 4. The SMILES string of the molecule is O=C1Nc2cc3oc(-c4ccncc4)nc3cc2C1C1CCCC1. The first-order valence-corrected chi connectivity index (χ1v) is 8.45. The third-order valence-corrected chi connectivity index (χ3v) is 5.23. The molecule has 1 saturated carbocycles. The number of hydrogen-bond donors (Lipinski definition) is 1. The molecular formula is C19H17N3O2. The minimum absolute atomic E-state index is 0.0343. The van der Waals surface area contributed by atoms with Gasteiger partial charge in [-0.25, -0.2) is 4.98 Å². The standard InChI is InChI=1S/C19H17N3O2/c23-18-17(11-3-1-2-4-11)13-9-15-16(10-14(13)21-18)24-19(22-15)12-5-7-20-8-6-12/h5-11,17H,1-4H2,(H,21,23). The Hall–Kier alpha value is -2.69. The molecule has 0 spiro atoms. The summed E-state index contributed by atoms with van der Waals surface area (Å²) in [4.78, 5) is 21.1. The summed E-state index contributed by atoms with van der Waals surface area (Å²) < 4.78 is 5.89. The van der Waals surface area contributed by atoms with Crippen molar-refractivity contribution in [1.82, 2.24) is 9.97 Å². The van der Waals surface area contributed by atoms with E-state index in [1.807, 2.05) is 24.3 Å². The molecule has 5 heteroatoms. The van der Waals surface area contributed by atoms with E-state index in [0.717, 1.165) is 35.2 Å². The monoisotopic (exact) mass is 319 g/mol. The summed E-state index contributed by atoms with van der Waals surface area (Å²) in [6.45, 7) is 0. The molecule has 0 saturated heterocycles. The lowest BCUT2D eigenvalue weighted by Gasteiger charge is -2.16. The van der Waals surface area contributed by atoms with Crippen molar-refractivity contribution in [3.05, 3.63) is 42.2 Å². The van der Waals surface area contributed by atoms with Crippen LogP contribution in [0.25, 0.3) is 22.6 Å². The normalized spacial score (nSPS) is 20.5. The zero-order valence-electron chi connectivity index (χ0n) is 13.2. The zero-order chi connectivity index (χ0) is 16.1. The van der Waals surface area contributed by atoms with Crippen LogP contribution in [0.15, 0.2) is 41.1 Å². The van der Waals surface area contributed by atoms with Crippen LogP contribution in [0.1, 0.15) is 37.2 Å². The highest BCUT2D eigenvalue weighted by Crippen LogP contribution is 2.45. The fourth-order valence-electron chi connectivity index (χ4n) is 4.08. The summed E-state index contributed by atoms with van der Waals surface area (Å²) >= 11 is 0. The van der Waals surface area contributed by atoms with Gasteiger partial charge in [-0.15, -0.1) is 0 Å². The number of pyridine rings is 1. The highest BCUT2D eigenvalue weighted by molar-refractivity contribution is 6.05. The minimum Gasteiger partial charge on any atom is -0.436 e. The van der Waals surface area contributed by atoms with Crippen molar-refractivity contribution in [2.24, 2.45) is 5.92 Å². The van der Waals surface area contributed by atoms with E-state index in [-0.39, 0.29) is 11.8 Å². The van der Waals surface area contributed by atoms with Gasteiger partial charge in [-0.3, -0.25) is 9.78 Å². The van der Waals surface area contributed by atoms with E-state index in [9.17, 15) is 4.79 Å². The first kappa shape index (κ1) is 13.7. The van der Waals surface area contributed by atoms with Gasteiger partial charge in [-0.1, -0.05) is 12.8 Å². The van der Waals surface area contributed by atoms with Gasteiger partial charge in [0.15, 0.2) is 5.58 Å². The number of rotatable bonds is 2. The molecule has 1 unspecified atom stereocenters. The Morgan fingerprint density at radius 1 is 1.12 bits per heavy atom. The molecule has 1 N–H and O–H groups in total. The fourth-order valence-corrected chi connectivity index (χ4v) is 4.08. The first-order chi connectivity index (χ1) is 11.8. The zero-order valence-corrected chi connectivity index (χ0v) is 13.2. The van der Waals surface area contributed by atoms with Crippen LogP contribution in [0.3, 0.4) is 0 Å². The van der Waals surface area contributed by atoms with E-state index in [0.29, 0.717) is 17.4 Å². The van der Waals surface area contributed by atoms with Crippen LogP contribution in [0.2, 0.25) is 0 Å². The molecule has 120 valence electrons. The van der Waals surface area contributed by atoms with Gasteiger partial charge < -0.3 is 9.73 Å². The van der Waals surface area contributed by atoms with E-state index >= 15 is 0 Å². The predicted octanol–water partition coefficient (Wildman–Crippen LogP) is 4.12. The lowest BCUT2D eigenvalue weighted by molar-refractivity contribution is -0.118.